The van der Waals surface area contributed by atoms with Crippen molar-refractivity contribution in [2.75, 3.05) is 26.7 Å². The second-order valence-corrected chi connectivity index (χ2v) is 9.00. The van der Waals surface area contributed by atoms with Crippen LogP contribution in [0.2, 0.25) is 0 Å². The molecular weight excluding hydrogens is 394 g/mol. The number of guanidine groups is 1. The van der Waals surface area contributed by atoms with Crippen molar-refractivity contribution in [3.63, 3.8) is 0 Å². The fraction of sp³-hybridized carbons (Fsp3) is 0.682. The monoisotopic (exact) mass is 425 g/mol. The Labute approximate surface area is 182 Å². The van der Waals surface area contributed by atoms with Crippen molar-refractivity contribution in [1.29, 1.82) is 0 Å². The molecule has 1 aromatic rings. The van der Waals surface area contributed by atoms with E-state index in [9.17, 15) is 9.59 Å². The van der Waals surface area contributed by atoms with Crippen molar-refractivity contribution in [2.45, 2.75) is 45.1 Å². The SMILES string of the molecule is CN=C(NCCc1nnc2n1CCCCC2)NCCN1C(=O)C2C3C=CC(C3)C2C1=O. The first-order valence-electron chi connectivity index (χ1n) is 11.6. The van der Waals surface area contributed by atoms with Gasteiger partial charge < -0.3 is 15.2 Å². The average molecular weight is 426 g/mol. The van der Waals surface area contributed by atoms with Crippen LogP contribution in [0, 0.1) is 23.7 Å². The maximum atomic E-state index is 12.8. The number of aromatic nitrogens is 3. The van der Waals surface area contributed by atoms with Crippen LogP contribution >= 0.6 is 0 Å². The Hall–Kier alpha value is -2.71. The molecule has 4 unspecified atom stereocenters. The quantitative estimate of drug-likeness (QED) is 0.298. The van der Waals surface area contributed by atoms with E-state index in [0.717, 1.165) is 37.5 Å². The van der Waals surface area contributed by atoms with Gasteiger partial charge in [-0.25, -0.2) is 0 Å². The van der Waals surface area contributed by atoms with Gasteiger partial charge in [0.2, 0.25) is 11.8 Å². The fourth-order valence-corrected chi connectivity index (χ4v) is 5.71. The maximum absolute atomic E-state index is 12.8. The second kappa shape index (κ2) is 8.43. The summed E-state index contributed by atoms with van der Waals surface area (Å²) in [6, 6.07) is 0. The zero-order valence-corrected chi connectivity index (χ0v) is 18.1. The topological polar surface area (TPSA) is 105 Å². The van der Waals surface area contributed by atoms with Gasteiger partial charge >= 0.3 is 0 Å². The number of rotatable bonds is 6. The molecule has 2 fully saturated rings. The smallest absolute Gasteiger partial charge is 0.233 e. The van der Waals surface area contributed by atoms with Gasteiger partial charge in [-0.2, -0.15) is 0 Å². The van der Waals surface area contributed by atoms with Crippen LogP contribution in [-0.4, -0.2) is 64.1 Å². The number of amides is 2. The molecule has 2 N–H and O–H groups in total. The minimum absolute atomic E-state index is 0.00379. The molecule has 4 atom stereocenters. The van der Waals surface area contributed by atoms with Crippen molar-refractivity contribution in [1.82, 2.24) is 30.3 Å². The van der Waals surface area contributed by atoms with Crippen molar-refractivity contribution in [2.24, 2.45) is 28.7 Å². The first-order chi connectivity index (χ1) is 15.2. The summed E-state index contributed by atoms with van der Waals surface area (Å²) in [7, 11) is 1.72. The number of allylic oxidation sites excluding steroid dienone is 2. The maximum Gasteiger partial charge on any atom is 0.233 e. The Morgan fingerprint density at radius 2 is 1.81 bits per heavy atom. The van der Waals surface area contributed by atoms with Gasteiger partial charge in [0.15, 0.2) is 5.96 Å². The molecule has 0 radical (unpaired) electrons. The van der Waals surface area contributed by atoms with E-state index >= 15 is 0 Å². The number of fused-ring (bicyclic) bond motifs is 6. The molecule has 1 saturated heterocycles. The van der Waals surface area contributed by atoms with Crippen molar-refractivity contribution >= 4 is 17.8 Å². The zero-order valence-electron chi connectivity index (χ0n) is 18.1. The number of carbonyl (C=O) groups is 2. The summed E-state index contributed by atoms with van der Waals surface area (Å²) in [6.45, 7) is 2.56. The van der Waals surface area contributed by atoms with Crippen LogP contribution < -0.4 is 10.6 Å². The highest BCUT2D eigenvalue weighted by molar-refractivity contribution is 6.06. The highest BCUT2D eigenvalue weighted by atomic mass is 16.2. The van der Waals surface area contributed by atoms with E-state index in [2.05, 4.69) is 42.5 Å². The highest BCUT2D eigenvalue weighted by Gasteiger charge is 2.58. The molecule has 166 valence electrons. The van der Waals surface area contributed by atoms with Gasteiger partial charge in [0.25, 0.3) is 0 Å². The van der Waals surface area contributed by atoms with Gasteiger partial charge in [0.1, 0.15) is 11.6 Å². The summed E-state index contributed by atoms with van der Waals surface area (Å²) in [5, 5.41) is 15.2. The number of aryl methyl sites for hydroxylation is 1. The van der Waals surface area contributed by atoms with Crippen LogP contribution in [0.5, 0.6) is 0 Å². The molecule has 5 rings (SSSR count). The number of nitrogens with zero attached hydrogens (tertiary/aromatic N) is 5. The van der Waals surface area contributed by atoms with Gasteiger partial charge in [-0.3, -0.25) is 19.5 Å². The van der Waals surface area contributed by atoms with Crippen LogP contribution in [0.4, 0.5) is 0 Å². The second-order valence-electron chi connectivity index (χ2n) is 9.00. The summed E-state index contributed by atoms with van der Waals surface area (Å²) < 4.78 is 2.26. The lowest BCUT2D eigenvalue weighted by Gasteiger charge is -2.18. The molecule has 0 aromatic carbocycles. The number of imide groups is 1. The van der Waals surface area contributed by atoms with Crippen molar-refractivity contribution in [3.05, 3.63) is 23.8 Å². The van der Waals surface area contributed by atoms with E-state index in [0.29, 0.717) is 25.6 Å². The highest BCUT2D eigenvalue weighted by Crippen LogP contribution is 2.52. The van der Waals surface area contributed by atoms with Gasteiger partial charge in [0.05, 0.1) is 11.8 Å². The summed E-state index contributed by atoms with van der Waals surface area (Å²) in [5.74, 6) is 3.05. The van der Waals surface area contributed by atoms with E-state index in [4.69, 9.17) is 0 Å². The molecule has 2 aliphatic heterocycles. The third kappa shape index (κ3) is 3.64. The molecule has 2 bridgehead atoms. The molecule has 1 aromatic heterocycles. The molecule has 2 amide bonds. The first-order valence-corrected chi connectivity index (χ1v) is 11.6. The number of aliphatic imine (C=N–C) groups is 1. The number of hydrogen-bond donors (Lipinski definition) is 2. The third-order valence-electron chi connectivity index (χ3n) is 7.24. The normalized spacial score (nSPS) is 29.3. The van der Waals surface area contributed by atoms with Crippen LogP contribution in [0.1, 0.15) is 37.3 Å². The number of likely N-dealkylation sites (tertiary alicyclic amines) is 1. The van der Waals surface area contributed by atoms with Crippen LogP contribution in [0.15, 0.2) is 17.1 Å². The Bertz CT molecular complexity index is 891. The molecule has 0 spiro atoms. The lowest BCUT2D eigenvalue weighted by molar-refractivity contribution is -0.140. The lowest BCUT2D eigenvalue weighted by atomic mass is 9.85. The standard InChI is InChI=1S/C22H31N7O2/c1-23-22(24-9-8-17-27-26-16-5-3-2-4-11-28(16)17)25-10-12-29-20(30)18-14-6-7-15(13-14)19(18)21(29)31/h6-7,14-15,18-19H,2-5,8-13H2,1H3,(H2,23,24,25). The largest absolute Gasteiger partial charge is 0.356 e. The van der Waals surface area contributed by atoms with Gasteiger partial charge in [0, 0.05) is 46.1 Å². The summed E-state index contributed by atoms with van der Waals surface area (Å²) in [6.07, 6.45) is 10.6. The molecule has 4 aliphatic rings. The van der Waals surface area contributed by atoms with Crippen LogP contribution in [0.25, 0.3) is 0 Å². The number of nitrogens with one attached hydrogen (secondary N) is 2. The molecule has 2 aliphatic carbocycles. The van der Waals surface area contributed by atoms with Gasteiger partial charge in [-0.15, -0.1) is 10.2 Å². The van der Waals surface area contributed by atoms with E-state index in [1.54, 1.807) is 7.05 Å². The molecule has 9 nitrogen and oxygen atoms in total. The molecular formula is C22H31N7O2. The Balaban J connectivity index is 1.08. The number of carbonyl (C=O) groups excluding carboxylic acids is 2. The fourth-order valence-electron chi connectivity index (χ4n) is 5.71. The summed E-state index contributed by atoms with van der Waals surface area (Å²) >= 11 is 0. The summed E-state index contributed by atoms with van der Waals surface area (Å²) in [5.41, 5.74) is 0. The minimum atomic E-state index is -0.127. The summed E-state index contributed by atoms with van der Waals surface area (Å²) in [4.78, 5) is 31.2. The Kier molecular flexibility index (Phi) is 5.50. The van der Waals surface area contributed by atoms with Gasteiger partial charge in [-0.1, -0.05) is 18.6 Å². The minimum Gasteiger partial charge on any atom is -0.356 e. The lowest BCUT2D eigenvalue weighted by Crippen LogP contribution is -2.44. The van der Waals surface area contributed by atoms with Crippen molar-refractivity contribution < 1.29 is 9.59 Å². The van der Waals surface area contributed by atoms with Crippen molar-refractivity contribution in [3.8, 4) is 0 Å². The first kappa shape index (κ1) is 20.2. The molecule has 31 heavy (non-hydrogen) atoms. The third-order valence-corrected chi connectivity index (χ3v) is 7.24. The molecule has 9 heteroatoms. The predicted molar refractivity (Wildman–Crippen MR) is 115 cm³/mol. The van der Waals surface area contributed by atoms with E-state index in [1.807, 2.05) is 0 Å². The van der Waals surface area contributed by atoms with Crippen LogP contribution in [0.3, 0.4) is 0 Å². The molecule has 3 heterocycles. The van der Waals surface area contributed by atoms with E-state index in [1.165, 1.54) is 24.2 Å². The molecule has 1 saturated carbocycles. The Morgan fingerprint density at radius 3 is 2.55 bits per heavy atom. The van der Waals surface area contributed by atoms with Gasteiger partial charge in [-0.05, 0) is 31.1 Å². The predicted octanol–water partition coefficient (Wildman–Crippen LogP) is 0.519. The number of hydrogen-bond acceptors (Lipinski definition) is 5. The van der Waals surface area contributed by atoms with E-state index in [-0.39, 0.29) is 35.5 Å². The average Bonchev–Trinajstić information content (AvgIpc) is 3.50. The Morgan fingerprint density at radius 1 is 1.06 bits per heavy atom. The zero-order chi connectivity index (χ0) is 21.4. The van der Waals surface area contributed by atoms with E-state index < -0.39 is 0 Å². The van der Waals surface area contributed by atoms with Crippen LogP contribution in [-0.2, 0) is 29.0 Å².